The summed E-state index contributed by atoms with van der Waals surface area (Å²) in [5.74, 6) is 0.252. The van der Waals surface area contributed by atoms with E-state index >= 15 is 0 Å². The second kappa shape index (κ2) is 11.9. The zero-order valence-electron chi connectivity index (χ0n) is 20.0. The Bertz CT molecular complexity index is 1180. The lowest BCUT2D eigenvalue weighted by Crippen LogP contribution is -2.28. The average molecular weight is 482 g/mol. The zero-order valence-corrected chi connectivity index (χ0v) is 20.0. The third kappa shape index (κ3) is 6.23. The second-order valence-electron chi connectivity index (χ2n) is 8.65. The van der Waals surface area contributed by atoms with Gasteiger partial charge in [0.15, 0.2) is 11.6 Å². The lowest BCUT2D eigenvalue weighted by Gasteiger charge is -2.23. The number of unbranched alkanes of at least 4 members (excludes halogenated alkanes) is 1. The van der Waals surface area contributed by atoms with Crippen LogP contribution in [0.1, 0.15) is 43.7 Å². The van der Waals surface area contributed by atoms with E-state index in [1.54, 1.807) is 41.2 Å². The molecule has 0 aliphatic carbocycles. The van der Waals surface area contributed by atoms with Gasteiger partial charge in [-0.05, 0) is 68.5 Å². The van der Waals surface area contributed by atoms with Gasteiger partial charge in [-0.2, -0.15) is 0 Å². The van der Waals surface area contributed by atoms with Gasteiger partial charge in [-0.25, -0.2) is 14.4 Å². The molecule has 1 unspecified atom stereocenters. The first kappa shape index (κ1) is 24.8. The van der Waals surface area contributed by atoms with E-state index in [1.165, 1.54) is 13.2 Å². The van der Waals surface area contributed by atoms with Gasteiger partial charge in [-0.15, -0.1) is 0 Å². The molecule has 35 heavy (non-hydrogen) atoms. The molecule has 0 radical (unpaired) electrons. The summed E-state index contributed by atoms with van der Waals surface area (Å²) in [6.07, 6.45) is 7.55. The molecular weight excluding hydrogens is 449 g/mol. The number of nitrogens with one attached hydrogen (secondary N) is 1. The minimum Gasteiger partial charge on any atom is -0.494 e. The molecule has 0 bridgehead atoms. The molecule has 4 rings (SSSR count). The molecule has 1 aliphatic heterocycles. The minimum absolute atomic E-state index is 0.172. The van der Waals surface area contributed by atoms with Crippen LogP contribution >= 0.6 is 0 Å². The molecule has 1 atom stereocenters. The summed E-state index contributed by atoms with van der Waals surface area (Å²) in [7, 11) is 1.43. The number of ether oxygens (including phenoxy) is 2. The number of hydrogen-bond donors (Lipinski definition) is 2. The predicted molar refractivity (Wildman–Crippen MR) is 133 cm³/mol. The molecule has 1 aromatic carbocycles. The summed E-state index contributed by atoms with van der Waals surface area (Å²) in [6.45, 7) is 2.01. The van der Waals surface area contributed by atoms with Crippen molar-refractivity contribution in [2.24, 2.45) is 5.73 Å². The van der Waals surface area contributed by atoms with Crippen LogP contribution in [0.5, 0.6) is 5.75 Å². The summed E-state index contributed by atoms with van der Waals surface area (Å²) in [6, 6.07) is 9.98. The Balaban J connectivity index is 1.60. The molecule has 2 aromatic heterocycles. The molecule has 0 saturated carbocycles. The van der Waals surface area contributed by atoms with Crippen molar-refractivity contribution in [3.63, 3.8) is 0 Å². The van der Waals surface area contributed by atoms with Gasteiger partial charge in [-0.3, -0.25) is 4.79 Å². The van der Waals surface area contributed by atoms with Crippen molar-refractivity contribution in [2.75, 3.05) is 32.2 Å². The zero-order chi connectivity index (χ0) is 24.6. The number of aromatic nitrogens is 3. The fraction of sp³-hybridized carbons (Fsp3) is 0.423. The van der Waals surface area contributed by atoms with Crippen molar-refractivity contribution in [1.29, 1.82) is 0 Å². The maximum Gasteiger partial charge on any atom is 0.251 e. The van der Waals surface area contributed by atoms with Crippen molar-refractivity contribution in [1.82, 2.24) is 14.5 Å². The minimum atomic E-state index is -0.455. The van der Waals surface area contributed by atoms with Crippen molar-refractivity contribution in [3.8, 4) is 17.0 Å². The molecule has 1 saturated heterocycles. The lowest BCUT2D eigenvalue weighted by molar-refractivity contribution is 0.0903. The number of anilines is 1. The first-order valence-corrected chi connectivity index (χ1v) is 12.0. The topological polar surface area (TPSA) is 104 Å². The van der Waals surface area contributed by atoms with Gasteiger partial charge in [0, 0.05) is 43.3 Å². The number of nitrogens with two attached hydrogens (primary N) is 1. The maximum atomic E-state index is 14.4. The van der Waals surface area contributed by atoms with E-state index in [-0.39, 0.29) is 23.4 Å². The molecule has 0 amide bonds. The van der Waals surface area contributed by atoms with Crippen molar-refractivity contribution in [2.45, 2.75) is 44.2 Å². The molecule has 9 heteroatoms. The van der Waals surface area contributed by atoms with Crippen LogP contribution in [0.3, 0.4) is 0 Å². The molecule has 3 aromatic rings. The molecule has 3 heterocycles. The highest BCUT2D eigenvalue weighted by Crippen LogP contribution is 2.28. The second-order valence-corrected chi connectivity index (χ2v) is 8.65. The summed E-state index contributed by atoms with van der Waals surface area (Å²) in [5.41, 5.74) is 7.55. The van der Waals surface area contributed by atoms with E-state index in [0.717, 1.165) is 38.9 Å². The van der Waals surface area contributed by atoms with Gasteiger partial charge in [0.25, 0.3) is 5.56 Å². The SMILES string of the molecule is COc1ccc(C(CCCCN)n2ccc(-c3ccnc(NC4CCOCC4)n3)cc2=O)cc1F. The molecular formula is C26H32FN5O3. The van der Waals surface area contributed by atoms with Gasteiger partial charge in [-0.1, -0.05) is 6.07 Å². The van der Waals surface area contributed by atoms with E-state index in [4.69, 9.17) is 15.2 Å². The van der Waals surface area contributed by atoms with Crippen LogP contribution in [0.4, 0.5) is 10.3 Å². The number of nitrogens with zero attached hydrogens (tertiary/aromatic N) is 3. The fourth-order valence-corrected chi connectivity index (χ4v) is 4.36. The van der Waals surface area contributed by atoms with Crippen LogP contribution in [0.25, 0.3) is 11.3 Å². The van der Waals surface area contributed by atoms with E-state index in [2.05, 4.69) is 15.3 Å². The summed E-state index contributed by atoms with van der Waals surface area (Å²) >= 11 is 0. The molecule has 0 spiro atoms. The smallest absolute Gasteiger partial charge is 0.251 e. The van der Waals surface area contributed by atoms with Crippen molar-refractivity contribution in [3.05, 3.63) is 70.5 Å². The summed E-state index contributed by atoms with van der Waals surface area (Å²) in [4.78, 5) is 22.2. The Labute approximate surface area is 204 Å². The van der Waals surface area contributed by atoms with Crippen LogP contribution in [-0.2, 0) is 4.74 Å². The van der Waals surface area contributed by atoms with Crippen molar-refractivity contribution < 1.29 is 13.9 Å². The maximum absolute atomic E-state index is 14.4. The van der Waals surface area contributed by atoms with E-state index < -0.39 is 5.82 Å². The number of hydrogen-bond acceptors (Lipinski definition) is 7. The first-order chi connectivity index (χ1) is 17.1. The van der Waals surface area contributed by atoms with Crippen LogP contribution < -0.4 is 21.3 Å². The van der Waals surface area contributed by atoms with Crippen LogP contribution in [0.15, 0.2) is 53.6 Å². The molecule has 1 aliphatic rings. The summed E-state index contributed by atoms with van der Waals surface area (Å²) < 4.78 is 26.5. The highest BCUT2D eigenvalue weighted by Gasteiger charge is 2.18. The quantitative estimate of drug-likeness (QED) is 0.425. The van der Waals surface area contributed by atoms with E-state index in [9.17, 15) is 9.18 Å². The first-order valence-electron chi connectivity index (χ1n) is 12.0. The van der Waals surface area contributed by atoms with Gasteiger partial charge in [0.1, 0.15) is 0 Å². The average Bonchev–Trinajstić information content (AvgIpc) is 2.88. The van der Waals surface area contributed by atoms with Gasteiger partial charge in [0.2, 0.25) is 5.95 Å². The number of benzene rings is 1. The van der Waals surface area contributed by atoms with Crippen molar-refractivity contribution >= 4 is 5.95 Å². The molecule has 186 valence electrons. The number of pyridine rings is 1. The third-order valence-corrected chi connectivity index (χ3v) is 6.28. The highest BCUT2D eigenvalue weighted by atomic mass is 19.1. The third-order valence-electron chi connectivity index (χ3n) is 6.28. The molecule has 3 N–H and O–H groups in total. The Kier molecular flexibility index (Phi) is 8.44. The monoisotopic (exact) mass is 481 g/mol. The Hall–Kier alpha value is -3.30. The van der Waals surface area contributed by atoms with Crippen LogP contribution in [0.2, 0.25) is 0 Å². The predicted octanol–water partition coefficient (Wildman–Crippen LogP) is 3.76. The number of methoxy groups -OCH3 is 1. The number of halogens is 1. The Morgan fingerprint density at radius 2 is 2.06 bits per heavy atom. The normalized spacial score (nSPS) is 15.1. The molecule has 1 fully saturated rings. The van der Waals surface area contributed by atoms with E-state index in [1.807, 2.05) is 6.07 Å². The lowest BCUT2D eigenvalue weighted by atomic mass is 9.99. The standard InChI is InChI=1S/C26H32FN5O3/c1-34-24-6-5-19(16-21(24)27)23(4-2-3-11-28)32-13-8-18(17-25(32)33)22-7-12-29-26(31-22)30-20-9-14-35-15-10-20/h5-8,12-13,16-17,20,23H,2-4,9-11,14-15,28H2,1H3,(H,29,30,31). The van der Waals surface area contributed by atoms with E-state index in [0.29, 0.717) is 35.7 Å². The van der Waals surface area contributed by atoms with Gasteiger partial charge < -0.3 is 25.1 Å². The Morgan fingerprint density at radius 1 is 1.23 bits per heavy atom. The highest BCUT2D eigenvalue weighted by molar-refractivity contribution is 5.59. The van der Waals surface area contributed by atoms with Crippen LogP contribution in [0, 0.1) is 5.82 Å². The Morgan fingerprint density at radius 3 is 2.77 bits per heavy atom. The largest absolute Gasteiger partial charge is 0.494 e. The molecule has 8 nitrogen and oxygen atoms in total. The summed E-state index contributed by atoms with van der Waals surface area (Å²) in [5, 5.41) is 3.36. The van der Waals surface area contributed by atoms with Gasteiger partial charge in [0.05, 0.1) is 18.8 Å². The number of rotatable bonds is 10. The van der Waals surface area contributed by atoms with Crippen LogP contribution in [-0.4, -0.2) is 47.4 Å². The fourth-order valence-electron chi connectivity index (χ4n) is 4.36. The van der Waals surface area contributed by atoms with Gasteiger partial charge >= 0.3 is 0 Å².